The molecule has 1 saturated heterocycles. The molecule has 1 fully saturated rings. The number of hydrogen-bond donors (Lipinski definition) is 2. The van der Waals surface area contributed by atoms with Gasteiger partial charge in [0.25, 0.3) is 0 Å². The van der Waals surface area contributed by atoms with Crippen LogP contribution in [0, 0.1) is 11.8 Å². The lowest BCUT2D eigenvalue weighted by Crippen LogP contribution is -2.43. The molecule has 1 aliphatic rings. The number of nitrogens with one attached hydrogen (secondary N) is 2. The molecule has 0 aromatic carbocycles. The molecule has 106 valence electrons. The van der Waals surface area contributed by atoms with Gasteiger partial charge in [0.15, 0.2) is 0 Å². The minimum Gasteiger partial charge on any atom is -0.355 e. The molecule has 0 aromatic heterocycles. The van der Waals surface area contributed by atoms with Crippen molar-refractivity contribution in [3.8, 4) is 0 Å². The van der Waals surface area contributed by atoms with Gasteiger partial charge < -0.3 is 10.6 Å². The van der Waals surface area contributed by atoms with Gasteiger partial charge in [0.05, 0.1) is 6.54 Å². The number of rotatable bonds is 7. The number of amides is 1. The molecule has 1 amide bonds. The van der Waals surface area contributed by atoms with Crippen LogP contribution in [0.25, 0.3) is 0 Å². The predicted octanol–water partition coefficient (Wildman–Crippen LogP) is 1.08. The normalized spacial score (nSPS) is 18.2. The first-order valence-electron chi connectivity index (χ1n) is 7.31. The largest absolute Gasteiger partial charge is 0.355 e. The van der Waals surface area contributed by atoms with Gasteiger partial charge in [0, 0.05) is 6.54 Å². The summed E-state index contributed by atoms with van der Waals surface area (Å²) in [4.78, 5) is 14.0. The standard InChI is InChI=1S/C14H29N3O/c1-4-15-10-13-5-7-17(8-6-13)11-14(18)16-9-12(2)3/h12-13,15H,4-11H2,1-3H3,(H,16,18). The molecule has 0 unspecified atom stereocenters. The lowest BCUT2D eigenvalue weighted by Gasteiger charge is -2.31. The Morgan fingerprint density at radius 2 is 2.00 bits per heavy atom. The van der Waals surface area contributed by atoms with Crippen LogP contribution in [-0.4, -0.2) is 50.1 Å². The van der Waals surface area contributed by atoms with Crippen molar-refractivity contribution in [2.75, 3.05) is 39.3 Å². The van der Waals surface area contributed by atoms with E-state index in [1.54, 1.807) is 0 Å². The van der Waals surface area contributed by atoms with E-state index in [4.69, 9.17) is 0 Å². The monoisotopic (exact) mass is 255 g/mol. The number of likely N-dealkylation sites (tertiary alicyclic amines) is 1. The Labute approximate surface area is 111 Å². The van der Waals surface area contributed by atoms with Gasteiger partial charge in [0.2, 0.25) is 5.91 Å². The SMILES string of the molecule is CCNCC1CCN(CC(=O)NCC(C)C)CC1. The van der Waals surface area contributed by atoms with Crippen molar-refractivity contribution in [1.82, 2.24) is 15.5 Å². The van der Waals surface area contributed by atoms with Gasteiger partial charge in [-0.3, -0.25) is 9.69 Å². The first-order valence-corrected chi connectivity index (χ1v) is 7.31. The molecule has 0 aromatic rings. The van der Waals surface area contributed by atoms with E-state index in [1.807, 2.05) is 0 Å². The fourth-order valence-electron chi connectivity index (χ4n) is 2.27. The summed E-state index contributed by atoms with van der Waals surface area (Å²) in [7, 11) is 0. The van der Waals surface area contributed by atoms with Crippen LogP contribution in [-0.2, 0) is 4.79 Å². The van der Waals surface area contributed by atoms with E-state index in [0.717, 1.165) is 38.6 Å². The van der Waals surface area contributed by atoms with Crippen molar-refractivity contribution in [2.45, 2.75) is 33.6 Å². The smallest absolute Gasteiger partial charge is 0.234 e. The molecule has 1 heterocycles. The Kier molecular flexibility index (Phi) is 7.28. The van der Waals surface area contributed by atoms with E-state index in [1.165, 1.54) is 12.8 Å². The zero-order valence-electron chi connectivity index (χ0n) is 12.2. The van der Waals surface area contributed by atoms with Crippen LogP contribution in [0.3, 0.4) is 0 Å². The van der Waals surface area contributed by atoms with Crippen LogP contribution in [0.5, 0.6) is 0 Å². The zero-order valence-corrected chi connectivity index (χ0v) is 12.2. The summed E-state index contributed by atoms with van der Waals surface area (Å²) in [5.41, 5.74) is 0. The summed E-state index contributed by atoms with van der Waals surface area (Å²) in [6.45, 7) is 12.0. The molecule has 0 spiro atoms. The zero-order chi connectivity index (χ0) is 13.4. The first kappa shape index (κ1) is 15.4. The highest BCUT2D eigenvalue weighted by atomic mass is 16.2. The topological polar surface area (TPSA) is 44.4 Å². The van der Waals surface area contributed by atoms with Crippen LogP contribution in [0.4, 0.5) is 0 Å². The molecule has 1 rings (SSSR count). The van der Waals surface area contributed by atoms with E-state index in [-0.39, 0.29) is 5.91 Å². The maximum atomic E-state index is 11.7. The van der Waals surface area contributed by atoms with Crippen LogP contribution < -0.4 is 10.6 Å². The summed E-state index contributed by atoms with van der Waals surface area (Å²) in [5, 5.41) is 6.39. The molecule has 4 heteroatoms. The van der Waals surface area contributed by atoms with Crippen LogP contribution in [0.2, 0.25) is 0 Å². The number of piperidine rings is 1. The molecule has 0 atom stereocenters. The fraction of sp³-hybridized carbons (Fsp3) is 0.929. The average molecular weight is 255 g/mol. The van der Waals surface area contributed by atoms with Gasteiger partial charge in [-0.25, -0.2) is 0 Å². The van der Waals surface area contributed by atoms with Crippen molar-refractivity contribution >= 4 is 5.91 Å². The summed E-state index contributed by atoms with van der Waals surface area (Å²) >= 11 is 0. The minimum absolute atomic E-state index is 0.175. The maximum absolute atomic E-state index is 11.7. The van der Waals surface area contributed by atoms with E-state index in [2.05, 4.69) is 36.3 Å². The van der Waals surface area contributed by atoms with Gasteiger partial charge in [-0.1, -0.05) is 20.8 Å². The number of carbonyl (C=O) groups excluding carboxylic acids is 1. The molecular weight excluding hydrogens is 226 g/mol. The third-order valence-electron chi connectivity index (χ3n) is 3.46. The van der Waals surface area contributed by atoms with Gasteiger partial charge in [-0.05, 0) is 50.9 Å². The fourth-order valence-corrected chi connectivity index (χ4v) is 2.27. The number of hydrogen-bond acceptors (Lipinski definition) is 3. The Morgan fingerprint density at radius 1 is 1.33 bits per heavy atom. The van der Waals surface area contributed by atoms with Gasteiger partial charge in [-0.15, -0.1) is 0 Å². The van der Waals surface area contributed by atoms with Crippen molar-refractivity contribution < 1.29 is 4.79 Å². The molecule has 1 aliphatic heterocycles. The summed E-state index contributed by atoms with van der Waals surface area (Å²) < 4.78 is 0. The third kappa shape index (κ3) is 6.36. The highest BCUT2D eigenvalue weighted by Gasteiger charge is 2.20. The van der Waals surface area contributed by atoms with Crippen LogP contribution in [0.1, 0.15) is 33.6 Å². The summed E-state index contributed by atoms with van der Waals surface area (Å²) in [6, 6.07) is 0. The molecule has 18 heavy (non-hydrogen) atoms. The predicted molar refractivity (Wildman–Crippen MR) is 75.6 cm³/mol. The van der Waals surface area contributed by atoms with Crippen LogP contribution >= 0.6 is 0 Å². The highest BCUT2D eigenvalue weighted by Crippen LogP contribution is 2.15. The molecule has 0 bridgehead atoms. The highest BCUT2D eigenvalue weighted by molar-refractivity contribution is 5.77. The Hall–Kier alpha value is -0.610. The maximum Gasteiger partial charge on any atom is 0.234 e. The molecule has 0 aliphatic carbocycles. The minimum atomic E-state index is 0.175. The quantitative estimate of drug-likeness (QED) is 0.715. The Balaban J connectivity index is 2.13. The van der Waals surface area contributed by atoms with Crippen molar-refractivity contribution in [3.63, 3.8) is 0 Å². The molecule has 0 radical (unpaired) electrons. The molecular formula is C14H29N3O. The lowest BCUT2D eigenvalue weighted by atomic mass is 9.97. The summed E-state index contributed by atoms with van der Waals surface area (Å²) in [6.07, 6.45) is 2.43. The Morgan fingerprint density at radius 3 is 2.56 bits per heavy atom. The lowest BCUT2D eigenvalue weighted by molar-refractivity contribution is -0.122. The van der Waals surface area contributed by atoms with Gasteiger partial charge in [0.1, 0.15) is 0 Å². The number of nitrogens with zero attached hydrogens (tertiary/aromatic N) is 1. The van der Waals surface area contributed by atoms with Crippen molar-refractivity contribution in [2.24, 2.45) is 11.8 Å². The van der Waals surface area contributed by atoms with E-state index < -0.39 is 0 Å². The van der Waals surface area contributed by atoms with Crippen molar-refractivity contribution in [3.05, 3.63) is 0 Å². The molecule has 2 N–H and O–H groups in total. The third-order valence-corrected chi connectivity index (χ3v) is 3.46. The van der Waals surface area contributed by atoms with Gasteiger partial charge in [-0.2, -0.15) is 0 Å². The molecule has 0 saturated carbocycles. The van der Waals surface area contributed by atoms with Gasteiger partial charge >= 0.3 is 0 Å². The molecule has 4 nitrogen and oxygen atoms in total. The van der Waals surface area contributed by atoms with E-state index in [0.29, 0.717) is 12.5 Å². The second kappa shape index (κ2) is 8.48. The number of carbonyl (C=O) groups is 1. The van der Waals surface area contributed by atoms with Crippen molar-refractivity contribution in [1.29, 1.82) is 0 Å². The van der Waals surface area contributed by atoms with Crippen LogP contribution in [0.15, 0.2) is 0 Å². The van der Waals surface area contributed by atoms with E-state index in [9.17, 15) is 4.79 Å². The first-order chi connectivity index (χ1) is 8.61. The van der Waals surface area contributed by atoms with E-state index >= 15 is 0 Å². The summed E-state index contributed by atoms with van der Waals surface area (Å²) in [5.74, 6) is 1.49. The second-order valence-electron chi connectivity index (χ2n) is 5.73. The Bertz CT molecular complexity index is 235. The average Bonchev–Trinajstić information content (AvgIpc) is 2.35. The second-order valence-corrected chi connectivity index (χ2v) is 5.73.